The van der Waals surface area contributed by atoms with Gasteiger partial charge in [-0.15, -0.1) is 24.2 Å². The summed E-state index contributed by atoms with van der Waals surface area (Å²) < 4.78 is 9.79. The summed E-state index contributed by atoms with van der Waals surface area (Å²) in [4.78, 5) is 22.4. The number of esters is 1. The SMILES string of the molecule is COC(=O)CSCCNC(=O)C1CNCCO1.Cl. The van der Waals surface area contributed by atoms with Gasteiger partial charge in [-0.1, -0.05) is 0 Å². The number of nitrogens with one attached hydrogen (secondary N) is 2. The molecule has 6 nitrogen and oxygen atoms in total. The number of halogens is 1. The van der Waals surface area contributed by atoms with E-state index >= 15 is 0 Å². The van der Waals surface area contributed by atoms with Gasteiger partial charge in [0.2, 0.25) is 5.91 Å². The van der Waals surface area contributed by atoms with Gasteiger partial charge in [0.1, 0.15) is 6.10 Å². The van der Waals surface area contributed by atoms with Gasteiger partial charge in [-0.2, -0.15) is 0 Å². The maximum Gasteiger partial charge on any atom is 0.315 e. The zero-order valence-corrected chi connectivity index (χ0v) is 11.9. The van der Waals surface area contributed by atoms with E-state index in [1.54, 1.807) is 0 Å². The largest absolute Gasteiger partial charge is 0.468 e. The smallest absolute Gasteiger partial charge is 0.315 e. The molecule has 0 aromatic rings. The third-order valence-corrected chi connectivity index (χ3v) is 3.15. The molecule has 106 valence electrons. The summed E-state index contributed by atoms with van der Waals surface area (Å²) in [5.74, 6) is 0.645. The van der Waals surface area contributed by atoms with Crippen LogP contribution in [-0.2, 0) is 19.1 Å². The van der Waals surface area contributed by atoms with E-state index in [-0.39, 0.29) is 24.3 Å². The van der Waals surface area contributed by atoms with E-state index < -0.39 is 6.10 Å². The zero-order chi connectivity index (χ0) is 12.5. The Bertz CT molecular complexity index is 262. The number of amides is 1. The summed E-state index contributed by atoms with van der Waals surface area (Å²) in [7, 11) is 1.36. The number of ether oxygens (including phenoxy) is 2. The highest BCUT2D eigenvalue weighted by Gasteiger charge is 2.20. The molecular formula is C10H19ClN2O4S. The van der Waals surface area contributed by atoms with Crippen molar-refractivity contribution in [2.45, 2.75) is 6.10 Å². The molecule has 1 rings (SSSR count). The van der Waals surface area contributed by atoms with Crippen molar-refractivity contribution in [3.8, 4) is 0 Å². The molecule has 0 spiro atoms. The summed E-state index contributed by atoms with van der Waals surface area (Å²) in [6, 6.07) is 0. The minimum absolute atomic E-state index is 0. The maximum atomic E-state index is 11.6. The molecule has 8 heteroatoms. The molecule has 1 aliphatic heterocycles. The van der Waals surface area contributed by atoms with Crippen LogP contribution >= 0.6 is 24.2 Å². The number of carbonyl (C=O) groups excluding carboxylic acids is 2. The van der Waals surface area contributed by atoms with Crippen molar-refractivity contribution in [2.75, 3.05) is 44.9 Å². The van der Waals surface area contributed by atoms with Crippen LogP contribution in [0.15, 0.2) is 0 Å². The first-order chi connectivity index (χ1) is 8.24. The zero-order valence-electron chi connectivity index (χ0n) is 10.3. The second-order valence-electron chi connectivity index (χ2n) is 3.48. The molecule has 1 heterocycles. The van der Waals surface area contributed by atoms with Crippen molar-refractivity contribution in [2.24, 2.45) is 0 Å². The first kappa shape index (κ1) is 17.5. The molecule has 0 aromatic heterocycles. The fourth-order valence-corrected chi connectivity index (χ4v) is 1.98. The molecule has 1 amide bonds. The van der Waals surface area contributed by atoms with Crippen LogP contribution in [0.3, 0.4) is 0 Å². The Morgan fingerprint density at radius 3 is 2.94 bits per heavy atom. The average Bonchev–Trinajstić information content (AvgIpc) is 2.38. The molecule has 1 atom stereocenters. The van der Waals surface area contributed by atoms with Crippen LogP contribution in [0, 0.1) is 0 Å². The third kappa shape index (κ3) is 7.05. The van der Waals surface area contributed by atoms with Gasteiger partial charge in [-0.05, 0) is 0 Å². The number of carbonyl (C=O) groups is 2. The molecular weight excluding hydrogens is 280 g/mol. The summed E-state index contributed by atoms with van der Waals surface area (Å²) in [5, 5.41) is 5.85. The van der Waals surface area contributed by atoms with E-state index in [9.17, 15) is 9.59 Å². The van der Waals surface area contributed by atoms with Crippen LogP contribution in [0.4, 0.5) is 0 Å². The second-order valence-corrected chi connectivity index (χ2v) is 4.59. The lowest BCUT2D eigenvalue weighted by atomic mass is 10.3. The first-order valence-electron chi connectivity index (χ1n) is 5.48. The van der Waals surface area contributed by atoms with E-state index in [0.717, 1.165) is 6.54 Å². The van der Waals surface area contributed by atoms with Crippen LogP contribution in [0.5, 0.6) is 0 Å². The second kappa shape index (κ2) is 10.4. The fourth-order valence-electron chi connectivity index (χ4n) is 1.31. The minimum Gasteiger partial charge on any atom is -0.468 e. The molecule has 1 aliphatic rings. The summed E-state index contributed by atoms with van der Waals surface area (Å²) in [6.45, 7) is 2.44. The van der Waals surface area contributed by atoms with Crippen molar-refractivity contribution in [1.82, 2.24) is 10.6 Å². The molecule has 2 N–H and O–H groups in total. The Kier molecular flexibility index (Phi) is 10.1. The molecule has 0 radical (unpaired) electrons. The van der Waals surface area contributed by atoms with Crippen LogP contribution < -0.4 is 10.6 Å². The van der Waals surface area contributed by atoms with Gasteiger partial charge < -0.3 is 20.1 Å². The van der Waals surface area contributed by atoms with Gasteiger partial charge in [0.05, 0.1) is 19.5 Å². The molecule has 0 saturated carbocycles. The van der Waals surface area contributed by atoms with E-state index in [1.807, 2.05) is 0 Å². The number of thioether (sulfide) groups is 1. The Labute approximate surface area is 117 Å². The number of rotatable bonds is 6. The topological polar surface area (TPSA) is 76.7 Å². The van der Waals surface area contributed by atoms with Gasteiger partial charge in [0.15, 0.2) is 0 Å². The fraction of sp³-hybridized carbons (Fsp3) is 0.800. The van der Waals surface area contributed by atoms with E-state index in [4.69, 9.17) is 4.74 Å². The monoisotopic (exact) mass is 298 g/mol. The first-order valence-corrected chi connectivity index (χ1v) is 6.64. The quantitative estimate of drug-likeness (QED) is 0.505. The summed E-state index contributed by atoms with van der Waals surface area (Å²) in [5.41, 5.74) is 0. The lowest BCUT2D eigenvalue weighted by Gasteiger charge is -2.22. The average molecular weight is 299 g/mol. The number of hydrogen-bond acceptors (Lipinski definition) is 6. The molecule has 0 aromatic carbocycles. The molecule has 18 heavy (non-hydrogen) atoms. The van der Waals surface area contributed by atoms with Crippen LogP contribution in [0.2, 0.25) is 0 Å². The lowest BCUT2D eigenvalue weighted by Crippen LogP contribution is -2.48. The number of morpholine rings is 1. The minimum atomic E-state index is -0.394. The Morgan fingerprint density at radius 1 is 1.56 bits per heavy atom. The molecule has 1 unspecified atom stereocenters. The highest BCUT2D eigenvalue weighted by molar-refractivity contribution is 7.99. The van der Waals surface area contributed by atoms with Crippen molar-refractivity contribution >= 4 is 36.0 Å². The van der Waals surface area contributed by atoms with Crippen LogP contribution in [0.25, 0.3) is 0 Å². The predicted molar refractivity (Wildman–Crippen MR) is 72.2 cm³/mol. The molecule has 1 saturated heterocycles. The van der Waals surface area contributed by atoms with Crippen molar-refractivity contribution in [1.29, 1.82) is 0 Å². The normalized spacial score (nSPS) is 18.6. The van der Waals surface area contributed by atoms with Crippen molar-refractivity contribution in [3.63, 3.8) is 0 Å². The Morgan fingerprint density at radius 2 is 2.33 bits per heavy atom. The highest BCUT2D eigenvalue weighted by atomic mass is 35.5. The molecule has 0 bridgehead atoms. The van der Waals surface area contributed by atoms with Crippen LogP contribution in [0.1, 0.15) is 0 Å². The van der Waals surface area contributed by atoms with Gasteiger partial charge >= 0.3 is 5.97 Å². The van der Waals surface area contributed by atoms with Crippen molar-refractivity contribution in [3.05, 3.63) is 0 Å². The van der Waals surface area contributed by atoms with E-state index in [1.165, 1.54) is 18.9 Å². The summed E-state index contributed by atoms with van der Waals surface area (Å²) in [6.07, 6.45) is -0.394. The maximum absolute atomic E-state index is 11.6. The van der Waals surface area contributed by atoms with E-state index in [0.29, 0.717) is 31.2 Å². The number of methoxy groups -OCH3 is 1. The van der Waals surface area contributed by atoms with Gasteiger partial charge in [0, 0.05) is 25.4 Å². The Balaban J connectivity index is 0.00000289. The molecule has 0 aliphatic carbocycles. The predicted octanol–water partition coefficient (Wildman–Crippen LogP) is -0.581. The van der Waals surface area contributed by atoms with Gasteiger partial charge in [0.25, 0.3) is 0 Å². The number of hydrogen-bond donors (Lipinski definition) is 2. The standard InChI is InChI=1S/C10H18N2O4S.ClH/c1-15-9(13)7-17-5-3-12-10(14)8-6-11-2-4-16-8;/h8,11H,2-7H2,1H3,(H,12,14);1H. The van der Waals surface area contributed by atoms with Crippen molar-refractivity contribution < 1.29 is 19.1 Å². The van der Waals surface area contributed by atoms with Gasteiger partial charge in [-0.25, -0.2) is 0 Å². The van der Waals surface area contributed by atoms with E-state index in [2.05, 4.69) is 15.4 Å². The van der Waals surface area contributed by atoms with Crippen LogP contribution in [-0.4, -0.2) is 62.8 Å². The lowest BCUT2D eigenvalue weighted by molar-refractivity contribution is -0.137. The van der Waals surface area contributed by atoms with Gasteiger partial charge in [-0.3, -0.25) is 9.59 Å². The summed E-state index contributed by atoms with van der Waals surface area (Å²) >= 11 is 1.43. The highest BCUT2D eigenvalue weighted by Crippen LogP contribution is 2.00. The molecule has 1 fully saturated rings. The Hall–Kier alpha value is -0.500. The third-order valence-electron chi connectivity index (χ3n) is 2.21.